The monoisotopic (exact) mass is 234 g/mol. The summed E-state index contributed by atoms with van der Waals surface area (Å²) in [7, 11) is 0. The number of piperidine rings is 1. The van der Waals surface area contributed by atoms with Crippen molar-refractivity contribution in [3.05, 3.63) is 23.9 Å². The molecule has 0 spiro atoms. The van der Waals surface area contributed by atoms with Crippen molar-refractivity contribution in [1.82, 2.24) is 4.98 Å². The van der Waals surface area contributed by atoms with E-state index in [1.165, 1.54) is 12.8 Å². The zero-order chi connectivity index (χ0) is 12.4. The Morgan fingerprint density at radius 2 is 2.24 bits per heavy atom. The molecule has 3 atom stereocenters. The third-order valence-electron chi connectivity index (χ3n) is 3.68. The Hall–Kier alpha value is -1.09. The lowest BCUT2D eigenvalue weighted by molar-refractivity contribution is 0.198. The van der Waals surface area contributed by atoms with E-state index in [-0.39, 0.29) is 0 Å². The zero-order valence-corrected chi connectivity index (χ0v) is 10.9. The Balaban J connectivity index is 2.27. The molecule has 0 amide bonds. The molecule has 1 N–H and O–H groups in total. The van der Waals surface area contributed by atoms with E-state index in [1.54, 1.807) is 6.92 Å². The predicted octanol–water partition coefficient (Wildman–Crippen LogP) is 2.76. The first-order chi connectivity index (χ1) is 8.09. The molecular formula is C14H22N2O. The lowest BCUT2D eigenvalue weighted by atomic mass is 9.93. The van der Waals surface area contributed by atoms with Gasteiger partial charge in [-0.05, 0) is 38.7 Å². The van der Waals surface area contributed by atoms with Crippen LogP contribution >= 0.6 is 0 Å². The minimum atomic E-state index is -0.453. The fourth-order valence-corrected chi connectivity index (χ4v) is 2.70. The second-order valence-corrected chi connectivity index (χ2v) is 5.26. The quantitative estimate of drug-likeness (QED) is 0.854. The summed E-state index contributed by atoms with van der Waals surface area (Å²) >= 11 is 0. The van der Waals surface area contributed by atoms with Crippen LogP contribution in [0.25, 0.3) is 0 Å². The van der Waals surface area contributed by atoms with Crippen molar-refractivity contribution in [2.45, 2.75) is 45.8 Å². The Kier molecular flexibility index (Phi) is 3.67. The highest BCUT2D eigenvalue weighted by Gasteiger charge is 2.26. The maximum atomic E-state index is 9.81. The number of hydrogen-bond acceptors (Lipinski definition) is 3. The predicted molar refractivity (Wildman–Crippen MR) is 70.1 cm³/mol. The molecule has 17 heavy (non-hydrogen) atoms. The first kappa shape index (κ1) is 12.4. The van der Waals surface area contributed by atoms with Crippen LogP contribution in [0.15, 0.2) is 18.3 Å². The van der Waals surface area contributed by atoms with Crippen molar-refractivity contribution in [3.63, 3.8) is 0 Å². The standard InChI is InChI=1S/C14H22N2O/c1-10-6-8-16(11(2)9-10)14-13(12(3)17)5-4-7-15-14/h4-5,7,10-12,17H,6,8-9H2,1-3H3/t10?,11?,12-/m0/s1. The van der Waals surface area contributed by atoms with Gasteiger partial charge in [-0.25, -0.2) is 4.98 Å². The van der Waals surface area contributed by atoms with Gasteiger partial charge in [-0.1, -0.05) is 13.0 Å². The van der Waals surface area contributed by atoms with E-state index in [4.69, 9.17) is 0 Å². The smallest absolute Gasteiger partial charge is 0.134 e. The molecule has 1 aromatic heterocycles. The van der Waals surface area contributed by atoms with Crippen LogP contribution in [0.1, 0.15) is 45.3 Å². The minimum Gasteiger partial charge on any atom is -0.389 e. The van der Waals surface area contributed by atoms with Gasteiger partial charge >= 0.3 is 0 Å². The van der Waals surface area contributed by atoms with Crippen LogP contribution in [0.3, 0.4) is 0 Å². The van der Waals surface area contributed by atoms with Gasteiger partial charge in [0.2, 0.25) is 0 Å². The maximum absolute atomic E-state index is 9.81. The second kappa shape index (κ2) is 5.05. The molecule has 2 rings (SSSR count). The summed E-state index contributed by atoms with van der Waals surface area (Å²) in [5.74, 6) is 1.75. The highest BCUT2D eigenvalue weighted by atomic mass is 16.3. The van der Waals surface area contributed by atoms with E-state index in [0.29, 0.717) is 6.04 Å². The van der Waals surface area contributed by atoms with Crippen LogP contribution in [0.2, 0.25) is 0 Å². The SMILES string of the molecule is CC1CCN(c2ncccc2[C@H](C)O)C(C)C1. The van der Waals surface area contributed by atoms with Crippen molar-refractivity contribution < 1.29 is 5.11 Å². The second-order valence-electron chi connectivity index (χ2n) is 5.26. The highest BCUT2D eigenvalue weighted by molar-refractivity contribution is 5.49. The Morgan fingerprint density at radius 1 is 1.47 bits per heavy atom. The molecule has 0 aliphatic carbocycles. The molecular weight excluding hydrogens is 212 g/mol. The summed E-state index contributed by atoms with van der Waals surface area (Å²) < 4.78 is 0. The number of aromatic nitrogens is 1. The largest absolute Gasteiger partial charge is 0.389 e. The van der Waals surface area contributed by atoms with Crippen molar-refractivity contribution in [2.75, 3.05) is 11.4 Å². The number of anilines is 1. The van der Waals surface area contributed by atoms with Gasteiger partial charge in [0, 0.05) is 24.3 Å². The maximum Gasteiger partial charge on any atom is 0.134 e. The van der Waals surface area contributed by atoms with Crippen LogP contribution in [-0.4, -0.2) is 22.7 Å². The third kappa shape index (κ3) is 2.60. The van der Waals surface area contributed by atoms with Gasteiger partial charge in [-0.2, -0.15) is 0 Å². The lowest BCUT2D eigenvalue weighted by Crippen LogP contribution is -2.41. The van der Waals surface area contributed by atoms with Crippen LogP contribution in [0.5, 0.6) is 0 Å². The molecule has 2 unspecified atom stereocenters. The average Bonchev–Trinajstić information content (AvgIpc) is 2.29. The van der Waals surface area contributed by atoms with Crippen molar-refractivity contribution in [1.29, 1.82) is 0 Å². The molecule has 1 aromatic rings. The number of aliphatic hydroxyl groups excluding tert-OH is 1. The molecule has 1 aliphatic rings. The first-order valence-corrected chi connectivity index (χ1v) is 6.49. The van der Waals surface area contributed by atoms with Crippen LogP contribution in [0.4, 0.5) is 5.82 Å². The number of hydrogen-bond donors (Lipinski definition) is 1. The van der Waals surface area contributed by atoms with E-state index < -0.39 is 6.10 Å². The Labute approximate surface area is 103 Å². The zero-order valence-electron chi connectivity index (χ0n) is 10.9. The molecule has 94 valence electrons. The third-order valence-corrected chi connectivity index (χ3v) is 3.68. The summed E-state index contributed by atoms with van der Waals surface area (Å²) in [5, 5.41) is 9.81. The van der Waals surface area contributed by atoms with Gasteiger partial charge in [-0.3, -0.25) is 0 Å². The van der Waals surface area contributed by atoms with E-state index in [9.17, 15) is 5.11 Å². The fourth-order valence-electron chi connectivity index (χ4n) is 2.70. The van der Waals surface area contributed by atoms with Crippen molar-refractivity contribution in [3.8, 4) is 0 Å². The lowest BCUT2D eigenvalue weighted by Gasteiger charge is -2.38. The summed E-state index contributed by atoms with van der Waals surface area (Å²) in [6.07, 6.45) is 3.77. The van der Waals surface area contributed by atoms with Gasteiger partial charge in [0.1, 0.15) is 5.82 Å². The normalized spacial score (nSPS) is 26.9. The molecule has 3 heteroatoms. The topological polar surface area (TPSA) is 36.4 Å². The van der Waals surface area contributed by atoms with E-state index in [0.717, 1.165) is 23.8 Å². The molecule has 1 fully saturated rings. The summed E-state index contributed by atoms with van der Waals surface area (Å²) in [6, 6.07) is 4.37. The van der Waals surface area contributed by atoms with E-state index >= 15 is 0 Å². The Bertz CT molecular complexity index is 378. The summed E-state index contributed by atoms with van der Waals surface area (Å²) in [5.41, 5.74) is 0.939. The molecule has 0 aromatic carbocycles. The minimum absolute atomic E-state index is 0.453. The number of pyridine rings is 1. The van der Waals surface area contributed by atoms with Crippen LogP contribution in [0, 0.1) is 5.92 Å². The number of rotatable bonds is 2. The molecule has 0 radical (unpaired) electrons. The summed E-state index contributed by atoms with van der Waals surface area (Å²) in [6.45, 7) is 7.40. The highest BCUT2D eigenvalue weighted by Crippen LogP contribution is 2.30. The molecule has 0 saturated carbocycles. The van der Waals surface area contributed by atoms with Crippen molar-refractivity contribution >= 4 is 5.82 Å². The molecule has 1 aliphatic heterocycles. The molecule has 0 bridgehead atoms. The van der Waals surface area contributed by atoms with Gasteiger partial charge in [0.25, 0.3) is 0 Å². The average molecular weight is 234 g/mol. The van der Waals surface area contributed by atoms with Crippen molar-refractivity contribution in [2.24, 2.45) is 5.92 Å². The summed E-state index contributed by atoms with van der Waals surface area (Å²) in [4.78, 5) is 6.80. The van der Waals surface area contributed by atoms with Gasteiger partial charge in [-0.15, -0.1) is 0 Å². The van der Waals surface area contributed by atoms with Gasteiger partial charge in [0.05, 0.1) is 6.10 Å². The number of aliphatic hydroxyl groups is 1. The van der Waals surface area contributed by atoms with Gasteiger partial charge in [0.15, 0.2) is 0 Å². The van der Waals surface area contributed by atoms with Crippen LogP contribution < -0.4 is 4.90 Å². The fraction of sp³-hybridized carbons (Fsp3) is 0.643. The molecule has 1 saturated heterocycles. The van der Waals surface area contributed by atoms with E-state index in [2.05, 4.69) is 23.7 Å². The van der Waals surface area contributed by atoms with E-state index in [1.807, 2.05) is 18.3 Å². The molecule has 3 nitrogen and oxygen atoms in total. The molecule has 2 heterocycles. The van der Waals surface area contributed by atoms with Crippen LogP contribution in [-0.2, 0) is 0 Å². The van der Waals surface area contributed by atoms with Gasteiger partial charge < -0.3 is 10.0 Å². The first-order valence-electron chi connectivity index (χ1n) is 6.49. The Morgan fingerprint density at radius 3 is 2.88 bits per heavy atom. The number of nitrogens with zero attached hydrogens (tertiary/aromatic N) is 2.